The van der Waals surface area contributed by atoms with E-state index in [-0.39, 0.29) is 17.1 Å². The van der Waals surface area contributed by atoms with Gasteiger partial charge in [-0.2, -0.15) is 0 Å². The van der Waals surface area contributed by atoms with Gasteiger partial charge in [0.25, 0.3) is 5.91 Å². The Morgan fingerprint density at radius 2 is 1.82 bits per heavy atom. The molecule has 1 saturated heterocycles. The van der Waals surface area contributed by atoms with E-state index in [0.717, 1.165) is 25.2 Å². The molecule has 0 saturated carbocycles. The molecule has 0 radical (unpaired) electrons. The van der Waals surface area contributed by atoms with E-state index < -0.39 is 12.0 Å². The van der Waals surface area contributed by atoms with E-state index in [1.54, 1.807) is 53.4 Å². The maximum Gasteiger partial charge on any atom is 0.337 e. The zero-order chi connectivity index (χ0) is 22.9. The molecule has 2 aliphatic rings. The van der Waals surface area contributed by atoms with Crippen molar-refractivity contribution in [1.82, 2.24) is 4.90 Å². The average Bonchev–Trinajstić information content (AvgIpc) is 3.14. The number of nitrogens with one attached hydrogen (secondary N) is 1. The lowest BCUT2D eigenvalue weighted by Crippen LogP contribution is -3.14. The first-order valence-corrected chi connectivity index (χ1v) is 11.0. The van der Waals surface area contributed by atoms with Crippen LogP contribution in [0.1, 0.15) is 38.1 Å². The summed E-state index contributed by atoms with van der Waals surface area (Å²) in [5, 5.41) is 0.445. The Balaban J connectivity index is 1.57. The largest absolute Gasteiger partial charge is 0.465 e. The second kappa shape index (κ2) is 8.80. The Morgan fingerprint density at radius 3 is 2.55 bits per heavy atom. The highest BCUT2D eigenvalue weighted by atomic mass is 16.5. The molecule has 0 bridgehead atoms. The molecule has 8 nitrogen and oxygen atoms in total. The predicted molar refractivity (Wildman–Crippen MR) is 120 cm³/mol. The number of fused-ring (bicyclic) bond motifs is 2. The second-order valence-corrected chi connectivity index (χ2v) is 8.30. The standard InChI is InChI=1S/C25H24N2O6/c1-31-25(30)17-8-6-16(7-9-17)21-20-22(28)18-4-2-3-5-19(18)33-23(20)24(29)27(21)11-10-26-12-14-32-15-13-26/h2-9,21H,10-15H2,1H3/p+1/t21-/m1/s1. The molecule has 0 spiro atoms. The number of carbonyl (C=O) groups is 2. The van der Waals surface area contributed by atoms with Crippen molar-refractivity contribution in [2.24, 2.45) is 0 Å². The quantitative estimate of drug-likeness (QED) is 0.586. The van der Waals surface area contributed by atoms with Crippen LogP contribution in [0.2, 0.25) is 0 Å². The van der Waals surface area contributed by atoms with Gasteiger partial charge in [-0.05, 0) is 29.8 Å². The van der Waals surface area contributed by atoms with Crippen LogP contribution in [0.4, 0.5) is 0 Å². The summed E-state index contributed by atoms with van der Waals surface area (Å²) in [6.07, 6.45) is 0. The van der Waals surface area contributed by atoms with Crippen molar-refractivity contribution in [3.8, 4) is 0 Å². The Morgan fingerprint density at radius 1 is 1.09 bits per heavy atom. The molecular formula is C25H25N2O6+. The molecule has 1 amide bonds. The SMILES string of the molecule is COC(=O)c1ccc([C@@H]2c3c(oc4ccccc4c3=O)C(=O)N2CC[NH+]2CCOCC2)cc1. The number of ether oxygens (including phenoxy) is 2. The topological polar surface area (TPSA) is 90.5 Å². The van der Waals surface area contributed by atoms with Crippen LogP contribution in [0, 0.1) is 0 Å². The molecule has 8 heteroatoms. The highest BCUT2D eigenvalue weighted by molar-refractivity contribution is 5.99. The molecule has 1 atom stereocenters. The van der Waals surface area contributed by atoms with Gasteiger partial charge in [0.15, 0.2) is 5.43 Å². The molecule has 3 aromatic rings. The van der Waals surface area contributed by atoms with Gasteiger partial charge >= 0.3 is 5.97 Å². The van der Waals surface area contributed by atoms with E-state index in [1.165, 1.54) is 12.0 Å². The molecule has 3 heterocycles. The van der Waals surface area contributed by atoms with Crippen molar-refractivity contribution in [2.45, 2.75) is 6.04 Å². The number of rotatable bonds is 5. The summed E-state index contributed by atoms with van der Waals surface area (Å²) in [5.74, 6) is -0.636. The van der Waals surface area contributed by atoms with Gasteiger partial charge in [-0.15, -0.1) is 0 Å². The van der Waals surface area contributed by atoms with Crippen LogP contribution in [0.25, 0.3) is 11.0 Å². The second-order valence-electron chi connectivity index (χ2n) is 8.30. The number of amides is 1. The minimum absolute atomic E-state index is 0.0951. The van der Waals surface area contributed by atoms with Gasteiger partial charge in [-0.25, -0.2) is 4.79 Å². The molecule has 0 aliphatic carbocycles. The van der Waals surface area contributed by atoms with Crippen LogP contribution in [-0.4, -0.2) is 63.3 Å². The van der Waals surface area contributed by atoms with E-state index in [4.69, 9.17) is 13.9 Å². The lowest BCUT2D eigenvalue weighted by molar-refractivity contribution is -0.907. The van der Waals surface area contributed by atoms with E-state index in [0.29, 0.717) is 41.9 Å². The minimum Gasteiger partial charge on any atom is -0.465 e. The molecule has 1 N–H and O–H groups in total. The van der Waals surface area contributed by atoms with Crippen LogP contribution in [0.5, 0.6) is 0 Å². The van der Waals surface area contributed by atoms with Crippen LogP contribution >= 0.6 is 0 Å². The summed E-state index contributed by atoms with van der Waals surface area (Å²) < 4.78 is 16.2. The number of hydrogen-bond donors (Lipinski definition) is 1. The van der Waals surface area contributed by atoms with Gasteiger partial charge in [-0.3, -0.25) is 9.59 Å². The Hall–Kier alpha value is -3.49. The number of para-hydroxylation sites is 1. The molecule has 33 heavy (non-hydrogen) atoms. The maximum atomic E-state index is 13.5. The smallest absolute Gasteiger partial charge is 0.337 e. The van der Waals surface area contributed by atoms with Crippen molar-refractivity contribution >= 4 is 22.8 Å². The molecule has 5 rings (SSSR count). The molecule has 0 unspecified atom stereocenters. The molecule has 170 valence electrons. The number of esters is 1. The Bertz CT molecular complexity index is 1260. The number of morpholine rings is 1. The van der Waals surface area contributed by atoms with Gasteiger partial charge in [-0.1, -0.05) is 24.3 Å². The van der Waals surface area contributed by atoms with Gasteiger partial charge < -0.3 is 23.7 Å². The number of benzene rings is 2. The summed E-state index contributed by atoms with van der Waals surface area (Å²) in [6, 6.07) is 13.2. The first-order valence-electron chi connectivity index (χ1n) is 11.0. The van der Waals surface area contributed by atoms with E-state index in [9.17, 15) is 14.4 Å². The fourth-order valence-corrected chi connectivity index (χ4v) is 4.65. The Kier molecular flexibility index (Phi) is 5.70. The third kappa shape index (κ3) is 3.81. The van der Waals surface area contributed by atoms with Gasteiger partial charge in [0.1, 0.15) is 18.7 Å². The third-order valence-electron chi connectivity index (χ3n) is 6.43. The van der Waals surface area contributed by atoms with Gasteiger partial charge in [0.2, 0.25) is 5.76 Å². The molecule has 1 aromatic heterocycles. The fourth-order valence-electron chi connectivity index (χ4n) is 4.65. The van der Waals surface area contributed by atoms with E-state index >= 15 is 0 Å². The minimum atomic E-state index is -0.583. The maximum absolute atomic E-state index is 13.5. The first-order chi connectivity index (χ1) is 16.1. The summed E-state index contributed by atoms with van der Waals surface area (Å²) >= 11 is 0. The van der Waals surface area contributed by atoms with Crippen molar-refractivity contribution in [1.29, 1.82) is 0 Å². The van der Waals surface area contributed by atoms with Crippen LogP contribution in [0.15, 0.2) is 57.7 Å². The van der Waals surface area contributed by atoms with E-state index in [2.05, 4.69) is 0 Å². The van der Waals surface area contributed by atoms with Crippen LogP contribution in [-0.2, 0) is 9.47 Å². The molecular weight excluding hydrogens is 424 g/mol. The monoisotopic (exact) mass is 449 g/mol. The van der Waals surface area contributed by atoms with Crippen LogP contribution < -0.4 is 10.3 Å². The lowest BCUT2D eigenvalue weighted by Gasteiger charge is -2.29. The molecule has 2 aliphatic heterocycles. The lowest BCUT2D eigenvalue weighted by atomic mass is 9.97. The molecule has 2 aromatic carbocycles. The van der Waals surface area contributed by atoms with Crippen molar-refractivity contribution in [3.63, 3.8) is 0 Å². The Labute approximate surface area is 190 Å². The first kappa shape index (κ1) is 21.4. The third-order valence-corrected chi connectivity index (χ3v) is 6.43. The highest BCUT2D eigenvalue weighted by Gasteiger charge is 2.43. The zero-order valence-electron chi connectivity index (χ0n) is 18.3. The number of nitrogens with zero attached hydrogens (tertiary/aromatic N) is 1. The average molecular weight is 449 g/mol. The number of hydrogen-bond acceptors (Lipinski definition) is 6. The summed E-state index contributed by atoms with van der Waals surface area (Å²) in [5.41, 5.74) is 1.69. The fraction of sp³-hybridized carbons (Fsp3) is 0.320. The number of quaternary nitrogens is 1. The number of carbonyl (C=O) groups excluding carboxylic acids is 2. The highest BCUT2D eigenvalue weighted by Crippen LogP contribution is 2.37. The summed E-state index contributed by atoms with van der Waals surface area (Å²) in [4.78, 5) is 41.9. The van der Waals surface area contributed by atoms with E-state index in [1.807, 2.05) is 0 Å². The summed E-state index contributed by atoms with van der Waals surface area (Å²) in [6.45, 7) is 4.38. The van der Waals surface area contributed by atoms with Crippen molar-refractivity contribution in [3.05, 3.63) is 81.2 Å². The van der Waals surface area contributed by atoms with Gasteiger partial charge in [0, 0.05) is 0 Å². The number of methoxy groups -OCH3 is 1. The summed E-state index contributed by atoms with van der Waals surface area (Å²) in [7, 11) is 1.33. The van der Waals surface area contributed by atoms with Crippen molar-refractivity contribution in [2.75, 3.05) is 46.5 Å². The zero-order valence-corrected chi connectivity index (χ0v) is 18.3. The predicted octanol–water partition coefficient (Wildman–Crippen LogP) is 1.04. The van der Waals surface area contributed by atoms with Crippen molar-refractivity contribution < 1.29 is 28.4 Å². The molecule has 1 fully saturated rings. The van der Waals surface area contributed by atoms with Gasteiger partial charge in [0.05, 0.1) is 56.0 Å². The normalized spacial score (nSPS) is 18.5. The van der Waals surface area contributed by atoms with Crippen LogP contribution in [0.3, 0.4) is 0 Å².